The summed E-state index contributed by atoms with van der Waals surface area (Å²) in [5.74, 6) is -0.710. The summed E-state index contributed by atoms with van der Waals surface area (Å²) in [5.41, 5.74) is -0.356. The molecule has 1 aliphatic rings. The third kappa shape index (κ3) is 3.15. The number of nitrogens with zero attached hydrogens (tertiary/aromatic N) is 1. The molecule has 0 spiro atoms. The Hall–Kier alpha value is -2.66. The normalized spacial score (nSPS) is 18.4. The molecule has 6 heteroatoms. The highest BCUT2D eigenvalue weighted by Gasteiger charge is 2.39. The summed E-state index contributed by atoms with van der Waals surface area (Å²) in [6, 6.07) is 11.7. The van der Waals surface area contributed by atoms with Crippen LogP contribution in [0.2, 0.25) is 5.02 Å². The number of fused-ring (bicyclic) bond motifs is 1. The summed E-state index contributed by atoms with van der Waals surface area (Å²) >= 11 is 5.89. The van der Waals surface area contributed by atoms with Crippen LogP contribution in [0.25, 0.3) is 5.57 Å². The molecule has 0 radical (unpaired) electrons. The summed E-state index contributed by atoms with van der Waals surface area (Å²) in [5, 5.41) is 11.0. The van der Waals surface area contributed by atoms with Crippen molar-refractivity contribution in [2.45, 2.75) is 18.9 Å². The van der Waals surface area contributed by atoms with Crippen LogP contribution in [0.1, 0.15) is 23.7 Å². The van der Waals surface area contributed by atoms with Gasteiger partial charge < -0.3 is 9.84 Å². The van der Waals surface area contributed by atoms with E-state index in [2.05, 4.69) is 4.99 Å². The Kier molecular flexibility index (Phi) is 4.35. The van der Waals surface area contributed by atoms with Gasteiger partial charge in [0.2, 0.25) is 0 Å². The van der Waals surface area contributed by atoms with Gasteiger partial charge in [-0.05, 0) is 49.4 Å². The Morgan fingerprint density at radius 3 is 2.48 bits per heavy atom. The molecule has 1 unspecified atom stereocenters. The van der Waals surface area contributed by atoms with Gasteiger partial charge in [-0.2, -0.15) is 0 Å². The summed E-state index contributed by atoms with van der Waals surface area (Å²) < 4.78 is 5.24. The van der Waals surface area contributed by atoms with Crippen molar-refractivity contribution in [2.75, 3.05) is 7.11 Å². The molecule has 0 saturated heterocycles. The molecule has 1 atom stereocenters. The summed E-state index contributed by atoms with van der Waals surface area (Å²) in [4.78, 5) is 29.0. The molecule has 25 heavy (non-hydrogen) atoms. The molecular weight excluding hydrogens is 342 g/mol. The van der Waals surface area contributed by atoms with Gasteiger partial charge in [-0.25, -0.2) is 0 Å². The van der Waals surface area contributed by atoms with E-state index in [9.17, 15) is 14.7 Å². The molecule has 0 aliphatic carbocycles. The second kappa shape index (κ2) is 6.33. The monoisotopic (exact) mass is 357 g/mol. The van der Waals surface area contributed by atoms with Gasteiger partial charge in [0.15, 0.2) is 5.78 Å². The maximum absolute atomic E-state index is 13.1. The molecule has 0 saturated carbocycles. The van der Waals surface area contributed by atoms with Crippen molar-refractivity contribution in [1.29, 1.82) is 0 Å². The maximum atomic E-state index is 13.1. The Bertz CT molecular complexity index is 981. The van der Waals surface area contributed by atoms with Gasteiger partial charge in [0.05, 0.1) is 24.4 Å². The Balaban J connectivity index is 2.25. The molecule has 2 aromatic rings. The Morgan fingerprint density at radius 1 is 1.20 bits per heavy atom. The number of methoxy groups -OCH3 is 1. The van der Waals surface area contributed by atoms with Crippen LogP contribution >= 0.6 is 11.6 Å². The molecular formula is C19H16ClNO4. The number of halogens is 1. The first-order valence-corrected chi connectivity index (χ1v) is 8.02. The van der Waals surface area contributed by atoms with E-state index in [1.807, 2.05) is 0 Å². The van der Waals surface area contributed by atoms with Gasteiger partial charge >= 0.3 is 5.97 Å². The number of carbonyl (C=O) groups excluding carboxylic acids is 1. The maximum Gasteiger partial charge on any atom is 0.306 e. The molecule has 1 aliphatic heterocycles. The molecule has 128 valence electrons. The van der Waals surface area contributed by atoms with Gasteiger partial charge in [-0.15, -0.1) is 0 Å². The van der Waals surface area contributed by atoms with Crippen molar-refractivity contribution >= 4 is 28.9 Å². The topological polar surface area (TPSA) is 76.0 Å². The molecule has 2 aromatic carbocycles. The molecule has 3 rings (SSSR count). The van der Waals surface area contributed by atoms with Gasteiger partial charge in [-0.3, -0.25) is 14.6 Å². The van der Waals surface area contributed by atoms with Gasteiger partial charge in [0.1, 0.15) is 5.75 Å². The van der Waals surface area contributed by atoms with E-state index in [4.69, 9.17) is 16.3 Å². The highest BCUT2D eigenvalue weighted by Crippen LogP contribution is 2.31. The minimum absolute atomic E-state index is 0.267. The van der Waals surface area contributed by atoms with Crippen LogP contribution < -0.4 is 15.3 Å². The average molecular weight is 358 g/mol. The van der Waals surface area contributed by atoms with E-state index >= 15 is 0 Å². The van der Waals surface area contributed by atoms with Crippen LogP contribution in [0, 0.1) is 0 Å². The van der Waals surface area contributed by atoms with Crippen LogP contribution in [-0.4, -0.2) is 29.5 Å². The third-order valence-electron chi connectivity index (χ3n) is 4.21. The minimum Gasteiger partial charge on any atom is -0.497 e. The smallest absolute Gasteiger partial charge is 0.306 e. The van der Waals surface area contributed by atoms with E-state index in [-0.39, 0.29) is 12.2 Å². The van der Waals surface area contributed by atoms with Crippen LogP contribution in [0.5, 0.6) is 5.75 Å². The third-order valence-corrected chi connectivity index (χ3v) is 4.46. The standard InChI is InChI=1S/C19H16ClNO4/c1-19(10-16(22)23)17(18(24)11-3-5-12(20)6-4-11)14-9-13(25-2)7-8-15(14)21-19/h3-9H,10H2,1-2H3,(H,22,23). The lowest BCUT2D eigenvalue weighted by molar-refractivity contribution is -0.137. The van der Waals surface area contributed by atoms with E-state index in [0.717, 1.165) is 0 Å². The zero-order valence-corrected chi connectivity index (χ0v) is 14.5. The zero-order chi connectivity index (χ0) is 18.2. The molecule has 0 amide bonds. The first-order chi connectivity index (χ1) is 11.8. The molecule has 0 fully saturated rings. The predicted molar refractivity (Wildman–Crippen MR) is 93.6 cm³/mol. The van der Waals surface area contributed by atoms with Crippen molar-refractivity contribution in [3.63, 3.8) is 0 Å². The number of carboxylic acid groups (broad SMARTS) is 1. The summed E-state index contributed by atoms with van der Waals surface area (Å²) in [6.07, 6.45) is -0.279. The number of ether oxygens (including phenoxy) is 1. The molecule has 1 heterocycles. The van der Waals surface area contributed by atoms with Crippen LogP contribution in [0.4, 0.5) is 0 Å². The fourth-order valence-corrected chi connectivity index (χ4v) is 3.21. The van der Waals surface area contributed by atoms with Crippen molar-refractivity contribution in [3.8, 4) is 5.75 Å². The van der Waals surface area contributed by atoms with Crippen LogP contribution in [-0.2, 0) is 4.79 Å². The largest absolute Gasteiger partial charge is 0.497 e. The van der Waals surface area contributed by atoms with E-state index < -0.39 is 11.5 Å². The number of aliphatic carboxylic acids is 1. The number of carboxylic acids is 1. The number of hydrogen-bond acceptors (Lipinski definition) is 4. The quantitative estimate of drug-likeness (QED) is 0.833. The van der Waals surface area contributed by atoms with Crippen LogP contribution in [0.3, 0.4) is 0 Å². The number of benzene rings is 2. The summed E-state index contributed by atoms with van der Waals surface area (Å²) in [7, 11) is 1.53. The molecule has 5 nitrogen and oxygen atoms in total. The minimum atomic E-state index is -1.14. The molecule has 0 bridgehead atoms. The van der Waals surface area contributed by atoms with Gasteiger partial charge in [-0.1, -0.05) is 11.6 Å². The number of Topliss-reactive ketones (excluding diaryl/α,β-unsaturated/α-hetero) is 1. The van der Waals surface area contributed by atoms with Crippen molar-refractivity contribution in [2.24, 2.45) is 4.99 Å². The lowest BCUT2D eigenvalue weighted by atomic mass is 9.84. The van der Waals surface area contributed by atoms with E-state index in [1.54, 1.807) is 49.4 Å². The first kappa shape index (κ1) is 17.2. The second-order valence-corrected chi connectivity index (χ2v) is 6.49. The number of hydrogen-bond donors (Lipinski definition) is 1. The lowest BCUT2D eigenvalue weighted by Gasteiger charge is -2.22. The van der Waals surface area contributed by atoms with Gasteiger partial charge in [0, 0.05) is 21.4 Å². The number of rotatable bonds is 5. The first-order valence-electron chi connectivity index (χ1n) is 7.65. The highest BCUT2D eigenvalue weighted by molar-refractivity contribution is 6.31. The predicted octanol–water partition coefficient (Wildman–Crippen LogP) is 2.25. The Labute approximate surface area is 149 Å². The fourth-order valence-electron chi connectivity index (χ4n) is 3.09. The van der Waals surface area contributed by atoms with Crippen molar-refractivity contribution in [3.05, 3.63) is 63.6 Å². The Morgan fingerprint density at radius 2 is 1.88 bits per heavy atom. The second-order valence-electron chi connectivity index (χ2n) is 6.05. The molecule has 1 N–H and O–H groups in total. The van der Waals surface area contributed by atoms with E-state index in [1.165, 1.54) is 7.11 Å². The lowest BCUT2D eigenvalue weighted by Crippen LogP contribution is -2.32. The SMILES string of the molecule is COc1ccc2c(c1)=C(C(=O)c1ccc(Cl)cc1)C(C)(CC(=O)O)N=2. The fraction of sp³-hybridized carbons (Fsp3) is 0.211. The van der Waals surface area contributed by atoms with Crippen molar-refractivity contribution in [1.82, 2.24) is 0 Å². The zero-order valence-electron chi connectivity index (χ0n) is 13.7. The highest BCUT2D eigenvalue weighted by atomic mass is 35.5. The number of ketones is 1. The van der Waals surface area contributed by atoms with Crippen molar-refractivity contribution < 1.29 is 19.4 Å². The summed E-state index contributed by atoms with van der Waals surface area (Å²) in [6.45, 7) is 1.66. The molecule has 0 aromatic heterocycles. The van der Waals surface area contributed by atoms with Crippen LogP contribution in [0.15, 0.2) is 47.5 Å². The average Bonchev–Trinajstić information content (AvgIpc) is 2.84. The van der Waals surface area contributed by atoms with E-state index in [0.29, 0.717) is 32.5 Å². The number of carbonyl (C=O) groups is 2. The van der Waals surface area contributed by atoms with Gasteiger partial charge in [0.25, 0.3) is 0 Å².